The summed E-state index contributed by atoms with van der Waals surface area (Å²) in [6, 6.07) is 0. The Balaban J connectivity index is 3.31. The zero-order valence-electron chi connectivity index (χ0n) is 11.5. The molecule has 0 saturated heterocycles. The van der Waals surface area contributed by atoms with Crippen LogP contribution in [0.4, 0.5) is 0 Å². The van der Waals surface area contributed by atoms with Crippen molar-refractivity contribution in [3.63, 3.8) is 0 Å². The van der Waals surface area contributed by atoms with E-state index in [0.29, 0.717) is 22.3 Å². The molecule has 1 atom stereocenters. The van der Waals surface area contributed by atoms with E-state index in [1.54, 1.807) is 34.6 Å². The van der Waals surface area contributed by atoms with Gasteiger partial charge in [0.05, 0.1) is 12.5 Å². The lowest BCUT2D eigenvalue weighted by Crippen LogP contribution is -2.33. The molecule has 0 radical (unpaired) electrons. The molecule has 0 amide bonds. The van der Waals surface area contributed by atoms with Crippen LogP contribution in [0.5, 0.6) is 0 Å². The summed E-state index contributed by atoms with van der Waals surface area (Å²) in [6.07, 6.45) is -0.921. The molecule has 18 heavy (non-hydrogen) atoms. The predicted molar refractivity (Wildman–Crippen MR) is 68.1 cm³/mol. The van der Waals surface area contributed by atoms with Gasteiger partial charge in [-0.15, -0.1) is 0 Å². The highest BCUT2D eigenvalue weighted by molar-refractivity contribution is 6.11. The summed E-state index contributed by atoms with van der Waals surface area (Å²) >= 11 is 0. The van der Waals surface area contributed by atoms with Gasteiger partial charge in [0, 0.05) is 11.0 Å². The minimum absolute atomic E-state index is 0.134. The molecule has 1 unspecified atom stereocenters. The minimum Gasteiger partial charge on any atom is -0.481 e. The molecule has 0 fully saturated rings. The van der Waals surface area contributed by atoms with Gasteiger partial charge in [0.15, 0.2) is 5.78 Å². The summed E-state index contributed by atoms with van der Waals surface area (Å²) in [5, 5.41) is 19.0. The molecule has 0 aliphatic heterocycles. The number of allylic oxidation sites excluding steroid dienone is 2. The van der Waals surface area contributed by atoms with Crippen LogP contribution in [-0.2, 0) is 9.59 Å². The van der Waals surface area contributed by atoms with E-state index in [9.17, 15) is 14.7 Å². The van der Waals surface area contributed by atoms with E-state index in [1.165, 1.54) is 0 Å². The van der Waals surface area contributed by atoms with Crippen molar-refractivity contribution in [3.05, 3.63) is 22.3 Å². The zero-order chi connectivity index (χ0) is 14.2. The Kier molecular flexibility index (Phi) is 3.81. The van der Waals surface area contributed by atoms with Gasteiger partial charge in [-0.25, -0.2) is 0 Å². The summed E-state index contributed by atoms with van der Waals surface area (Å²) in [5.41, 5.74) is 1.37. The Labute approximate surface area is 107 Å². The fourth-order valence-electron chi connectivity index (χ4n) is 2.52. The second kappa shape index (κ2) is 4.69. The number of carbonyl (C=O) groups excluding carboxylic acids is 1. The summed E-state index contributed by atoms with van der Waals surface area (Å²) in [5.74, 6) is -1.10. The molecule has 1 aliphatic rings. The number of Topliss-reactive ketones (excluding diaryl/α,β-unsaturated/α-hetero) is 1. The van der Waals surface area contributed by atoms with Crippen LogP contribution in [0, 0.1) is 5.41 Å². The van der Waals surface area contributed by atoms with Crippen molar-refractivity contribution in [2.24, 2.45) is 5.41 Å². The molecule has 1 rings (SSSR count). The van der Waals surface area contributed by atoms with Crippen molar-refractivity contribution in [1.82, 2.24) is 0 Å². The molecule has 0 aromatic rings. The van der Waals surface area contributed by atoms with Gasteiger partial charge >= 0.3 is 5.97 Å². The first-order valence-electron chi connectivity index (χ1n) is 5.92. The van der Waals surface area contributed by atoms with E-state index >= 15 is 0 Å². The van der Waals surface area contributed by atoms with E-state index < -0.39 is 17.5 Å². The molecule has 0 aromatic carbocycles. The Bertz CT molecular complexity index is 466. The number of carbonyl (C=O) groups is 2. The third-order valence-corrected chi connectivity index (χ3v) is 3.64. The summed E-state index contributed by atoms with van der Waals surface area (Å²) in [7, 11) is 0. The van der Waals surface area contributed by atoms with E-state index in [1.807, 2.05) is 0 Å². The smallest absolute Gasteiger partial charge is 0.304 e. The molecule has 1 aliphatic carbocycles. The number of rotatable bonds is 3. The van der Waals surface area contributed by atoms with E-state index in [-0.39, 0.29) is 12.2 Å². The first-order chi connectivity index (χ1) is 8.09. The maximum atomic E-state index is 12.3. The fourth-order valence-corrected chi connectivity index (χ4v) is 2.52. The number of carboxylic acids is 1. The third-order valence-electron chi connectivity index (χ3n) is 3.64. The van der Waals surface area contributed by atoms with E-state index in [2.05, 4.69) is 0 Å². The standard InChI is InChI=1S/C14H20O4/c1-7-8(2)13(18)11(9(3)12(7)17)14(4,5)6-10(15)16/h12,17H,6H2,1-5H3,(H,15,16). The molecule has 0 heterocycles. The summed E-state index contributed by atoms with van der Waals surface area (Å²) in [6.45, 7) is 8.53. The van der Waals surface area contributed by atoms with Crippen molar-refractivity contribution < 1.29 is 19.8 Å². The lowest BCUT2D eigenvalue weighted by molar-refractivity contribution is -0.138. The highest BCUT2D eigenvalue weighted by Crippen LogP contribution is 2.39. The highest BCUT2D eigenvalue weighted by Gasteiger charge is 2.38. The topological polar surface area (TPSA) is 74.6 Å². The maximum Gasteiger partial charge on any atom is 0.304 e. The Morgan fingerprint density at radius 2 is 1.72 bits per heavy atom. The quantitative estimate of drug-likeness (QED) is 0.806. The number of carboxylic acid groups (broad SMARTS) is 1. The number of hydrogen-bond acceptors (Lipinski definition) is 3. The summed E-state index contributed by atoms with van der Waals surface area (Å²) in [4.78, 5) is 23.2. The number of hydrogen-bond donors (Lipinski definition) is 2. The Hall–Kier alpha value is -1.42. The van der Waals surface area contributed by atoms with Crippen LogP contribution in [0.15, 0.2) is 22.3 Å². The molecular weight excluding hydrogens is 232 g/mol. The van der Waals surface area contributed by atoms with Crippen LogP contribution in [0.3, 0.4) is 0 Å². The molecular formula is C14H20O4. The molecule has 0 saturated carbocycles. The average molecular weight is 252 g/mol. The van der Waals surface area contributed by atoms with Gasteiger partial charge in [0.2, 0.25) is 0 Å². The lowest BCUT2D eigenvalue weighted by atomic mass is 9.71. The van der Waals surface area contributed by atoms with E-state index in [0.717, 1.165) is 0 Å². The van der Waals surface area contributed by atoms with Gasteiger partial charge in [-0.2, -0.15) is 0 Å². The molecule has 4 heteroatoms. The van der Waals surface area contributed by atoms with E-state index in [4.69, 9.17) is 5.11 Å². The molecule has 0 spiro atoms. The number of aliphatic hydroxyl groups excluding tert-OH is 1. The van der Waals surface area contributed by atoms with Gasteiger partial charge in [-0.3, -0.25) is 9.59 Å². The number of ketones is 1. The third kappa shape index (κ3) is 2.38. The highest BCUT2D eigenvalue weighted by atomic mass is 16.4. The van der Waals surface area contributed by atoms with Gasteiger partial charge in [-0.1, -0.05) is 13.8 Å². The number of aliphatic carboxylic acids is 1. The van der Waals surface area contributed by atoms with Gasteiger partial charge in [-0.05, 0) is 37.5 Å². The largest absolute Gasteiger partial charge is 0.481 e. The second-order valence-electron chi connectivity index (χ2n) is 5.55. The molecule has 2 N–H and O–H groups in total. The maximum absolute atomic E-state index is 12.3. The lowest BCUT2D eigenvalue weighted by Gasteiger charge is -2.33. The predicted octanol–water partition coefficient (Wildman–Crippen LogP) is 2.08. The molecule has 100 valence electrons. The fraction of sp³-hybridized carbons (Fsp3) is 0.571. The summed E-state index contributed by atoms with van der Waals surface area (Å²) < 4.78 is 0. The van der Waals surface area contributed by atoms with Crippen LogP contribution >= 0.6 is 0 Å². The van der Waals surface area contributed by atoms with Gasteiger partial charge in [0.1, 0.15) is 0 Å². The van der Waals surface area contributed by atoms with Crippen molar-refractivity contribution in [3.8, 4) is 0 Å². The average Bonchev–Trinajstić information content (AvgIpc) is 2.21. The molecule has 0 bridgehead atoms. The molecule has 0 aromatic heterocycles. The van der Waals surface area contributed by atoms with Gasteiger partial charge in [0.25, 0.3) is 0 Å². The normalized spacial score (nSPS) is 21.7. The van der Waals surface area contributed by atoms with Crippen molar-refractivity contribution >= 4 is 11.8 Å². The van der Waals surface area contributed by atoms with Crippen molar-refractivity contribution in [2.45, 2.75) is 47.1 Å². The zero-order valence-corrected chi connectivity index (χ0v) is 11.5. The second-order valence-corrected chi connectivity index (χ2v) is 5.55. The van der Waals surface area contributed by atoms with Crippen LogP contribution in [0.1, 0.15) is 41.0 Å². The van der Waals surface area contributed by atoms with Crippen LogP contribution in [0.2, 0.25) is 0 Å². The van der Waals surface area contributed by atoms with Crippen molar-refractivity contribution in [1.29, 1.82) is 0 Å². The van der Waals surface area contributed by atoms with Crippen molar-refractivity contribution in [2.75, 3.05) is 0 Å². The SMILES string of the molecule is CC1=C(C)C(O)C(C)=C(C(C)(C)CC(=O)O)C1=O. The Morgan fingerprint density at radius 3 is 2.17 bits per heavy atom. The van der Waals surface area contributed by atoms with Crippen LogP contribution in [-0.4, -0.2) is 28.1 Å². The molecule has 4 nitrogen and oxygen atoms in total. The minimum atomic E-state index is -0.952. The first kappa shape index (κ1) is 14.6. The van der Waals surface area contributed by atoms with Crippen LogP contribution in [0.25, 0.3) is 0 Å². The first-order valence-corrected chi connectivity index (χ1v) is 5.92. The van der Waals surface area contributed by atoms with Crippen LogP contribution < -0.4 is 0 Å². The van der Waals surface area contributed by atoms with Gasteiger partial charge < -0.3 is 10.2 Å². The monoisotopic (exact) mass is 252 g/mol. The number of aliphatic hydroxyl groups is 1. The Morgan fingerprint density at radius 1 is 1.22 bits per heavy atom.